The Morgan fingerprint density at radius 2 is 1.85 bits per heavy atom. The highest BCUT2D eigenvalue weighted by Crippen LogP contribution is 2.34. The molecular formula is C25H26N4O4. The van der Waals surface area contributed by atoms with Gasteiger partial charge in [0.1, 0.15) is 6.04 Å². The van der Waals surface area contributed by atoms with Crippen LogP contribution < -0.4 is 10.6 Å². The minimum atomic E-state index is -0.656. The largest absolute Gasteiger partial charge is 0.322 e. The molecule has 2 N–H and O–H groups in total. The van der Waals surface area contributed by atoms with Crippen molar-refractivity contribution in [1.82, 2.24) is 15.1 Å². The Morgan fingerprint density at radius 3 is 2.64 bits per heavy atom. The summed E-state index contributed by atoms with van der Waals surface area (Å²) in [5.41, 5.74) is 4.13. The fourth-order valence-electron chi connectivity index (χ4n) is 5.14. The van der Waals surface area contributed by atoms with E-state index in [0.29, 0.717) is 30.8 Å². The first-order valence-electron chi connectivity index (χ1n) is 11.1. The summed E-state index contributed by atoms with van der Waals surface area (Å²) in [7, 11) is 0. The predicted octanol–water partition coefficient (Wildman–Crippen LogP) is 2.77. The van der Waals surface area contributed by atoms with Crippen LogP contribution in [0.4, 0.5) is 10.5 Å². The Labute approximate surface area is 191 Å². The lowest BCUT2D eigenvalue weighted by molar-refractivity contribution is -0.136. The molecule has 170 valence electrons. The summed E-state index contributed by atoms with van der Waals surface area (Å²) in [6.45, 7) is 5.68. The first-order valence-corrected chi connectivity index (χ1v) is 11.1. The van der Waals surface area contributed by atoms with E-state index in [2.05, 4.69) is 36.6 Å². The Hall–Kier alpha value is -3.68. The molecule has 0 bridgehead atoms. The zero-order chi connectivity index (χ0) is 23.3. The number of hydrogen-bond donors (Lipinski definition) is 2. The normalized spacial score (nSPS) is 21.4. The smallest absolute Gasteiger partial charge is 0.322 e. The lowest BCUT2D eigenvalue weighted by atomic mass is 9.78. The molecular weight excluding hydrogens is 420 g/mol. The van der Waals surface area contributed by atoms with Crippen molar-refractivity contribution in [3.63, 3.8) is 0 Å². The Balaban J connectivity index is 1.30. The van der Waals surface area contributed by atoms with Gasteiger partial charge in [-0.25, -0.2) is 4.79 Å². The van der Waals surface area contributed by atoms with Crippen LogP contribution in [0.25, 0.3) is 0 Å². The molecule has 1 unspecified atom stereocenters. The summed E-state index contributed by atoms with van der Waals surface area (Å²) in [5.74, 6) is -0.977. The minimum absolute atomic E-state index is 0.154. The summed E-state index contributed by atoms with van der Waals surface area (Å²) < 4.78 is 0. The van der Waals surface area contributed by atoms with Crippen LogP contribution in [0.1, 0.15) is 53.7 Å². The van der Waals surface area contributed by atoms with Gasteiger partial charge in [-0.3, -0.25) is 19.7 Å². The molecule has 0 aliphatic carbocycles. The van der Waals surface area contributed by atoms with Crippen LogP contribution in [0.5, 0.6) is 0 Å². The van der Waals surface area contributed by atoms with Gasteiger partial charge in [0.05, 0.1) is 0 Å². The molecule has 1 atom stereocenters. The second-order valence-electron chi connectivity index (χ2n) is 9.60. The molecule has 2 aromatic carbocycles. The van der Waals surface area contributed by atoms with Crippen LogP contribution in [0.2, 0.25) is 0 Å². The highest BCUT2D eigenvalue weighted by molar-refractivity contribution is 6.05. The van der Waals surface area contributed by atoms with E-state index in [4.69, 9.17) is 0 Å². The van der Waals surface area contributed by atoms with Gasteiger partial charge in [-0.05, 0) is 41.3 Å². The van der Waals surface area contributed by atoms with Crippen LogP contribution in [-0.2, 0) is 28.1 Å². The number of nitrogens with one attached hydrogen (secondary N) is 2. The number of rotatable bonds is 2. The van der Waals surface area contributed by atoms with E-state index in [-0.39, 0.29) is 36.2 Å². The third-order valence-corrected chi connectivity index (χ3v) is 6.76. The number of hydrogen-bond acceptors (Lipinski definition) is 4. The molecule has 0 radical (unpaired) electrons. The van der Waals surface area contributed by atoms with E-state index in [1.54, 1.807) is 23.1 Å². The maximum absolute atomic E-state index is 13.1. The van der Waals surface area contributed by atoms with E-state index >= 15 is 0 Å². The van der Waals surface area contributed by atoms with E-state index in [1.165, 1.54) is 10.5 Å². The third kappa shape index (κ3) is 3.75. The number of piperidine rings is 1. The van der Waals surface area contributed by atoms with Crippen molar-refractivity contribution in [1.29, 1.82) is 0 Å². The molecule has 3 aliphatic heterocycles. The van der Waals surface area contributed by atoms with E-state index in [9.17, 15) is 19.2 Å². The minimum Gasteiger partial charge on any atom is -0.322 e. The van der Waals surface area contributed by atoms with Gasteiger partial charge >= 0.3 is 6.03 Å². The molecule has 0 aromatic heterocycles. The molecule has 8 nitrogen and oxygen atoms in total. The van der Waals surface area contributed by atoms with Crippen molar-refractivity contribution in [2.24, 2.45) is 0 Å². The average Bonchev–Trinajstić information content (AvgIpc) is 3.09. The van der Waals surface area contributed by atoms with E-state index in [0.717, 1.165) is 11.1 Å². The molecule has 5 amide bonds. The van der Waals surface area contributed by atoms with Gasteiger partial charge in [0.15, 0.2) is 0 Å². The van der Waals surface area contributed by atoms with Crippen LogP contribution in [0.3, 0.4) is 0 Å². The highest BCUT2D eigenvalue weighted by atomic mass is 16.2. The molecule has 3 heterocycles. The van der Waals surface area contributed by atoms with Crippen molar-refractivity contribution < 1.29 is 19.2 Å². The molecule has 5 rings (SSSR count). The van der Waals surface area contributed by atoms with Crippen LogP contribution >= 0.6 is 0 Å². The molecule has 0 spiro atoms. The zero-order valence-electron chi connectivity index (χ0n) is 18.7. The summed E-state index contributed by atoms with van der Waals surface area (Å²) in [6.07, 6.45) is 0.535. The molecule has 3 aliphatic rings. The number of carbonyl (C=O) groups is 4. The maximum Gasteiger partial charge on any atom is 0.322 e. The number of benzene rings is 2. The molecule has 8 heteroatoms. The van der Waals surface area contributed by atoms with Crippen molar-refractivity contribution in [3.05, 3.63) is 64.7 Å². The number of imide groups is 1. The number of fused-ring (bicyclic) bond motifs is 2. The summed E-state index contributed by atoms with van der Waals surface area (Å²) in [4.78, 5) is 52.9. The monoisotopic (exact) mass is 446 g/mol. The second-order valence-corrected chi connectivity index (χ2v) is 9.60. The predicted molar refractivity (Wildman–Crippen MR) is 121 cm³/mol. The van der Waals surface area contributed by atoms with Gasteiger partial charge in [0.25, 0.3) is 5.91 Å². The molecule has 0 saturated carbocycles. The van der Waals surface area contributed by atoms with Gasteiger partial charge in [0.2, 0.25) is 11.8 Å². The quantitative estimate of drug-likeness (QED) is 0.693. The van der Waals surface area contributed by atoms with Crippen LogP contribution in [0.15, 0.2) is 42.5 Å². The summed E-state index contributed by atoms with van der Waals surface area (Å²) in [6, 6.07) is 12.5. The number of urea groups is 1. The van der Waals surface area contributed by atoms with Crippen LogP contribution in [-0.4, -0.2) is 46.1 Å². The highest BCUT2D eigenvalue weighted by Gasteiger charge is 2.39. The third-order valence-electron chi connectivity index (χ3n) is 6.76. The van der Waals surface area contributed by atoms with Gasteiger partial charge in [-0.1, -0.05) is 38.1 Å². The topological polar surface area (TPSA) is 98.8 Å². The SMILES string of the molecule is CC1(C)CN(C(=O)Nc2ccc3c(c2)CN(C2CCC(=O)NC2=O)C3=O)Cc2ccccc21. The lowest BCUT2D eigenvalue weighted by Gasteiger charge is -2.39. The van der Waals surface area contributed by atoms with Crippen molar-refractivity contribution in [3.8, 4) is 0 Å². The van der Waals surface area contributed by atoms with Crippen molar-refractivity contribution in [2.45, 2.75) is 51.2 Å². The van der Waals surface area contributed by atoms with Crippen LogP contribution in [0, 0.1) is 0 Å². The van der Waals surface area contributed by atoms with Gasteiger partial charge in [0, 0.05) is 42.7 Å². The van der Waals surface area contributed by atoms with E-state index < -0.39 is 11.9 Å². The first kappa shape index (κ1) is 21.2. The molecule has 1 saturated heterocycles. The number of nitrogens with zero attached hydrogens (tertiary/aromatic N) is 2. The standard InChI is InChI=1S/C25H26N4O4/c1-25(2)14-28(12-15-5-3-4-6-19(15)25)24(33)26-17-7-8-18-16(11-17)13-29(23(18)32)20-9-10-21(30)27-22(20)31/h3-8,11,20H,9-10,12-14H2,1-2H3,(H,26,33)(H,27,30,31). The first-order chi connectivity index (χ1) is 15.7. The number of amides is 5. The number of carbonyl (C=O) groups excluding carboxylic acids is 4. The molecule has 33 heavy (non-hydrogen) atoms. The summed E-state index contributed by atoms with van der Waals surface area (Å²) in [5, 5.41) is 5.27. The van der Waals surface area contributed by atoms with E-state index in [1.807, 2.05) is 12.1 Å². The fourth-order valence-corrected chi connectivity index (χ4v) is 5.14. The molecule has 1 fully saturated rings. The Morgan fingerprint density at radius 1 is 1.06 bits per heavy atom. The zero-order valence-corrected chi connectivity index (χ0v) is 18.7. The van der Waals surface area contributed by atoms with Crippen molar-refractivity contribution >= 4 is 29.4 Å². The Bertz CT molecular complexity index is 1190. The summed E-state index contributed by atoms with van der Waals surface area (Å²) >= 11 is 0. The second kappa shape index (κ2) is 7.72. The fraction of sp³-hybridized carbons (Fsp3) is 0.360. The number of anilines is 1. The van der Waals surface area contributed by atoms with Crippen molar-refractivity contribution in [2.75, 3.05) is 11.9 Å². The average molecular weight is 447 g/mol. The lowest BCUT2D eigenvalue weighted by Crippen LogP contribution is -2.52. The van der Waals surface area contributed by atoms with Gasteiger partial charge in [-0.2, -0.15) is 0 Å². The Kier molecular flexibility index (Phi) is 4.96. The van der Waals surface area contributed by atoms with Gasteiger partial charge in [-0.15, -0.1) is 0 Å². The van der Waals surface area contributed by atoms with Gasteiger partial charge < -0.3 is 15.1 Å². The molecule has 2 aromatic rings. The maximum atomic E-state index is 13.1.